The molecule has 0 fully saturated rings. The van der Waals surface area contributed by atoms with Crippen LogP contribution in [0.4, 0.5) is 13.2 Å². The molecule has 0 aliphatic rings. The molecule has 0 radical (unpaired) electrons. The second kappa shape index (κ2) is 10.0. The molecule has 0 aliphatic carbocycles. The van der Waals surface area contributed by atoms with Crippen molar-refractivity contribution in [3.63, 3.8) is 0 Å². The Balaban J connectivity index is 0.000000405. The number of alkyl halides is 3. The number of aryl methyl sites for hydroxylation is 2. The van der Waals surface area contributed by atoms with Gasteiger partial charge in [-0.3, -0.25) is 0 Å². The van der Waals surface area contributed by atoms with Gasteiger partial charge in [0.2, 0.25) is 0 Å². The van der Waals surface area contributed by atoms with Crippen LogP contribution in [0.5, 0.6) is 5.75 Å². The number of rotatable bonds is 2. The third-order valence-corrected chi connectivity index (χ3v) is 2.68. The number of hydrogen-bond acceptors (Lipinski definition) is 2. The van der Waals surface area contributed by atoms with Crippen LogP contribution in [0, 0.1) is 26.7 Å². The van der Waals surface area contributed by atoms with Gasteiger partial charge in [-0.15, -0.1) is 26.0 Å². The molecule has 0 bridgehead atoms. The summed E-state index contributed by atoms with van der Waals surface area (Å²) in [6.07, 6.45) is 3.40. The van der Waals surface area contributed by atoms with E-state index in [1.807, 2.05) is 31.2 Å². The van der Waals surface area contributed by atoms with E-state index < -0.39 is 6.36 Å². The van der Waals surface area contributed by atoms with Crippen molar-refractivity contribution in [1.82, 2.24) is 0 Å². The Morgan fingerprint density at radius 3 is 1.62 bits per heavy atom. The lowest BCUT2D eigenvalue weighted by atomic mass is 10.1. The van der Waals surface area contributed by atoms with E-state index in [1.165, 1.54) is 17.7 Å². The van der Waals surface area contributed by atoms with Gasteiger partial charge >= 0.3 is 6.36 Å². The van der Waals surface area contributed by atoms with Crippen LogP contribution in [0.2, 0.25) is 0 Å². The minimum absolute atomic E-state index is 0.187. The van der Waals surface area contributed by atoms with Crippen molar-refractivity contribution in [2.24, 2.45) is 5.73 Å². The Bertz CT molecular complexity index is 641. The summed E-state index contributed by atoms with van der Waals surface area (Å²) in [5, 5.41) is 0. The van der Waals surface area contributed by atoms with Gasteiger partial charge in [-0.25, -0.2) is 0 Å². The number of halogens is 3. The highest BCUT2D eigenvalue weighted by molar-refractivity contribution is 5.60. The molecule has 5 heteroatoms. The van der Waals surface area contributed by atoms with Crippen LogP contribution in [-0.4, -0.2) is 6.36 Å². The van der Waals surface area contributed by atoms with Crippen molar-refractivity contribution >= 4 is 5.70 Å². The molecule has 0 heterocycles. The third-order valence-electron chi connectivity index (χ3n) is 2.68. The lowest BCUT2D eigenvalue weighted by molar-refractivity contribution is -0.274. The molecule has 0 spiro atoms. The first-order valence-corrected chi connectivity index (χ1v) is 6.84. The summed E-state index contributed by atoms with van der Waals surface area (Å²) in [5.41, 5.74) is 9.23. The molecule has 2 N–H and O–H groups in total. The fraction of sp³-hybridized carbons (Fsp3) is 0.158. The van der Waals surface area contributed by atoms with Crippen molar-refractivity contribution in [3.8, 4) is 18.6 Å². The number of nitrogens with two attached hydrogens (primary N) is 1. The van der Waals surface area contributed by atoms with E-state index in [0.29, 0.717) is 5.70 Å². The zero-order valence-corrected chi connectivity index (χ0v) is 13.6. The van der Waals surface area contributed by atoms with Gasteiger partial charge in [-0.05, 0) is 31.5 Å². The molecule has 128 valence electrons. The van der Waals surface area contributed by atoms with Gasteiger partial charge in [0, 0.05) is 5.70 Å². The molecular formula is C19H20F3NO. The fourth-order valence-electron chi connectivity index (χ4n) is 1.51. The maximum Gasteiger partial charge on any atom is 0.573 e. The molecule has 2 nitrogen and oxygen atoms in total. The summed E-state index contributed by atoms with van der Waals surface area (Å²) in [7, 11) is 0. The Morgan fingerprint density at radius 1 is 0.917 bits per heavy atom. The second-order valence-electron chi connectivity index (χ2n) is 4.75. The predicted octanol–water partition coefficient (Wildman–Crippen LogP) is 5.07. The summed E-state index contributed by atoms with van der Waals surface area (Å²) in [4.78, 5) is 0. The van der Waals surface area contributed by atoms with Gasteiger partial charge in [0.15, 0.2) is 0 Å². The first kappa shape index (κ1) is 21.1. The number of terminal acetylenes is 1. The van der Waals surface area contributed by atoms with Gasteiger partial charge in [-0.1, -0.05) is 54.1 Å². The number of ether oxygens (including phenoxy) is 1. The van der Waals surface area contributed by atoms with Gasteiger partial charge < -0.3 is 10.5 Å². The lowest BCUT2D eigenvalue weighted by Gasteiger charge is -2.08. The van der Waals surface area contributed by atoms with Crippen molar-refractivity contribution in [2.45, 2.75) is 20.2 Å². The average Bonchev–Trinajstić information content (AvgIpc) is 2.51. The summed E-state index contributed by atoms with van der Waals surface area (Å²) < 4.78 is 38.5. The van der Waals surface area contributed by atoms with E-state index in [-0.39, 0.29) is 5.75 Å². The van der Waals surface area contributed by atoms with Crippen LogP contribution in [-0.2, 0) is 0 Å². The highest BCUT2D eigenvalue weighted by Gasteiger charge is 2.30. The molecule has 2 rings (SSSR count). The van der Waals surface area contributed by atoms with E-state index >= 15 is 0 Å². The highest BCUT2D eigenvalue weighted by Crippen LogP contribution is 2.22. The van der Waals surface area contributed by atoms with Crippen molar-refractivity contribution in [1.29, 1.82) is 0 Å². The van der Waals surface area contributed by atoms with E-state index in [4.69, 9.17) is 5.73 Å². The maximum atomic E-state index is 11.6. The topological polar surface area (TPSA) is 35.2 Å². The van der Waals surface area contributed by atoms with Gasteiger partial charge in [0.05, 0.1) is 0 Å². The van der Waals surface area contributed by atoms with Gasteiger partial charge in [-0.2, -0.15) is 0 Å². The third kappa shape index (κ3) is 9.21. The average molecular weight is 335 g/mol. The van der Waals surface area contributed by atoms with Crippen LogP contribution in [0.15, 0.2) is 55.1 Å². The molecule has 24 heavy (non-hydrogen) atoms. The molecule has 0 aliphatic heterocycles. The maximum absolute atomic E-state index is 11.6. The van der Waals surface area contributed by atoms with Gasteiger partial charge in [0.25, 0.3) is 0 Å². The molecule has 2 aromatic carbocycles. The quantitative estimate of drug-likeness (QED) is 0.778. The SMILES string of the molecule is C#C.C=C(N)c1ccc(C)cc1.Cc1ccc(OC(F)(F)F)cc1. The Hall–Kier alpha value is -2.87. The Morgan fingerprint density at radius 2 is 1.29 bits per heavy atom. The summed E-state index contributed by atoms with van der Waals surface area (Å²) in [6, 6.07) is 13.7. The van der Waals surface area contributed by atoms with Crippen molar-refractivity contribution in [2.75, 3.05) is 0 Å². The smallest absolute Gasteiger partial charge is 0.406 e. The summed E-state index contributed by atoms with van der Waals surface area (Å²) >= 11 is 0. The fourth-order valence-corrected chi connectivity index (χ4v) is 1.51. The van der Waals surface area contributed by atoms with Crippen LogP contribution in [0.1, 0.15) is 16.7 Å². The standard InChI is InChI=1S/C9H11N.C8H7F3O.C2H2/c1-7-3-5-9(6-4-7)8(2)10;1-6-2-4-7(5-3-6)12-8(9,10)11;1-2/h3-6H,2,10H2,1H3;2-5H,1H3;1-2H. The van der Waals surface area contributed by atoms with Crippen LogP contribution < -0.4 is 10.5 Å². The zero-order chi connectivity index (χ0) is 18.8. The molecule has 0 atom stereocenters. The van der Waals surface area contributed by atoms with Gasteiger partial charge in [0.1, 0.15) is 5.75 Å². The molecular weight excluding hydrogens is 315 g/mol. The Kier molecular flexibility index (Phi) is 8.81. The largest absolute Gasteiger partial charge is 0.573 e. The minimum atomic E-state index is -4.60. The number of benzene rings is 2. The van der Waals surface area contributed by atoms with Crippen LogP contribution >= 0.6 is 0 Å². The monoisotopic (exact) mass is 335 g/mol. The summed E-state index contributed by atoms with van der Waals surface area (Å²) in [5.74, 6) is -0.187. The second-order valence-corrected chi connectivity index (χ2v) is 4.75. The van der Waals surface area contributed by atoms with E-state index in [2.05, 4.69) is 24.2 Å². The summed E-state index contributed by atoms with van der Waals surface area (Å²) in [6.45, 7) is 7.47. The lowest BCUT2D eigenvalue weighted by Crippen LogP contribution is -2.16. The van der Waals surface area contributed by atoms with E-state index in [9.17, 15) is 13.2 Å². The van der Waals surface area contributed by atoms with E-state index in [1.54, 1.807) is 19.1 Å². The minimum Gasteiger partial charge on any atom is -0.406 e. The highest BCUT2D eigenvalue weighted by atomic mass is 19.4. The van der Waals surface area contributed by atoms with Crippen molar-refractivity contribution < 1.29 is 17.9 Å². The van der Waals surface area contributed by atoms with Crippen LogP contribution in [0.25, 0.3) is 5.70 Å². The molecule has 0 aromatic heterocycles. The molecule has 0 amide bonds. The zero-order valence-electron chi connectivity index (χ0n) is 13.6. The first-order valence-electron chi connectivity index (χ1n) is 6.84. The van der Waals surface area contributed by atoms with Crippen molar-refractivity contribution in [3.05, 3.63) is 71.8 Å². The first-order chi connectivity index (χ1) is 11.2. The molecule has 0 saturated carbocycles. The molecule has 0 saturated heterocycles. The molecule has 0 unspecified atom stereocenters. The predicted molar refractivity (Wildman–Crippen MR) is 92.2 cm³/mol. The normalized spacial score (nSPS) is 9.62. The van der Waals surface area contributed by atoms with E-state index in [0.717, 1.165) is 11.1 Å². The van der Waals surface area contributed by atoms with Crippen LogP contribution in [0.3, 0.4) is 0 Å². The molecule has 2 aromatic rings. The number of hydrogen-bond donors (Lipinski definition) is 1. The Labute approximate surface area is 140 Å².